The molecule has 3 aromatic carbocycles. The molecule has 0 aliphatic carbocycles. The number of hydrogen-bond donors (Lipinski definition) is 2. The van der Waals surface area contributed by atoms with Crippen LogP contribution >= 0.6 is 0 Å². The van der Waals surface area contributed by atoms with Crippen molar-refractivity contribution >= 4 is 17.4 Å². The van der Waals surface area contributed by atoms with Gasteiger partial charge in [0.1, 0.15) is 22.9 Å². The number of amides is 2. The minimum Gasteiger partial charge on any atom is -0.457 e. The minimum absolute atomic E-state index is 0.0522. The van der Waals surface area contributed by atoms with Crippen LogP contribution in [0.15, 0.2) is 97.2 Å². The highest BCUT2D eigenvalue weighted by Gasteiger charge is 2.30. The van der Waals surface area contributed by atoms with E-state index in [2.05, 4.69) is 15.6 Å². The summed E-state index contributed by atoms with van der Waals surface area (Å²) in [6.07, 6.45) is -3.11. The summed E-state index contributed by atoms with van der Waals surface area (Å²) in [5, 5.41) is 5.25. The molecule has 0 aliphatic rings. The number of pyridine rings is 1. The van der Waals surface area contributed by atoms with Crippen molar-refractivity contribution in [2.75, 3.05) is 10.6 Å². The normalized spacial score (nSPS) is 10.9. The van der Waals surface area contributed by atoms with Crippen LogP contribution in [-0.4, -0.2) is 11.0 Å². The lowest BCUT2D eigenvalue weighted by Crippen LogP contribution is -2.19. The predicted molar refractivity (Wildman–Crippen MR) is 121 cm³/mol. The van der Waals surface area contributed by atoms with Crippen molar-refractivity contribution in [1.29, 1.82) is 0 Å². The topological polar surface area (TPSA) is 72.5 Å². The summed E-state index contributed by atoms with van der Waals surface area (Å²) in [6.45, 7) is 0. The van der Waals surface area contributed by atoms with Gasteiger partial charge >= 0.3 is 12.2 Å². The summed E-state index contributed by atoms with van der Waals surface area (Å²) in [4.78, 5) is 16.5. The molecule has 0 saturated heterocycles. The molecule has 0 fully saturated rings. The van der Waals surface area contributed by atoms with E-state index in [0.29, 0.717) is 17.2 Å². The second-order valence-corrected chi connectivity index (χ2v) is 7.00. The summed E-state index contributed by atoms with van der Waals surface area (Å²) in [7, 11) is 0. The number of hydrogen-bond acceptors (Lipinski definition) is 4. The fourth-order valence-corrected chi connectivity index (χ4v) is 2.93. The Kier molecular flexibility index (Phi) is 6.63. The van der Waals surface area contributed by atoms with Crippen molar-refractivity contribution < 1.29 is 27.4 Å². The molecule has 0 atom stereocenters. The Balaban J connectivity index is 1.40. The van der Waals surface area contributed by atoms with Crippen molar-refractivity contribution in [1.82, 2.24) is 4.98 Å². The van der Waals surface area contributed by atoms with Crippen molar-refractivity contribution in [2.45, 2.75) is 6.18 Å². The van der Waals surface area contributed by atoms with Gasteiger partial charge < -0.3 is 20.1 Å². The molecule has 34 heavy (non-hydrogen) atoms. The molecular formula is C25H18F3N3O3. The minimum atomic E-state index is -4.51. The smallest absolute Gasteiger partial charge is 0.416 e. The van der Waals surface area contributed by atoms with Crippen LogP contribution in [0.2, 0.25) is 0 Å². The molecule has 0 aliphatic heterocycles. The van der Waals surface area contributed by atoms with Crippen LogP contribution < -0.4 is 20.1 Å². The highest BCUT2D eigenvalue weighted by Crippen LogP contribution is 2.34. The summed E-state index contributed by atoms with van der Waals surface area (Å²) in [6, 6.07) is 22.9. The first-order chi connectivity index (χ1) is 16.4. The summed E-state index contributed by atoms with van der Waals surface area (Å²) >= 11 is 0. The highest BCUT2D eigenvalue weighted by molar-refractivity contribution is 6.00. The van der Waals surface area contributed by atoms with Crippen LogP contribution in [0, 0.1) is 0 Å². The van der Waals surface area contributed by atoms with Gasteiger partial charge in [-0.05, 0) is 66.7 Å². The monoisotopic (exact) mass is 465 g/mol. The molecule has 4 aromatic rings. The zero-order valence-corrected chi connectivity index (χ0v) is 17.5. The molecule has 6 nitrogen and oxygen atoms in total. The van der Waals surface area contributed by atoms with E-state index in [1.54, 1.807) is 30.3 Å². The van der Waals surface area contributed by atoms with Crippen LogP contribution in [0.1, 0.15) is 5.56 Å². The van der Waals surface area contributed by atoms with Gasteiger partial charge in [0, 0.05) is 11.9 Å². The molecule has 172 valence electrons. The van der Waals surface area contributed by atoms with Gasteiger partial charge in [0.25, 0.3) is 0 Å². The first kappa shape index (κ1) is 22.7. The van der Waals surface area contributed by atoms with E-state index >= 15 is 0 Å². The number of urea groups is 1. The fraction of sp³-hybridized carbons (Fsp3) is 0.0400. The zero-order valence-electron chi connectivity index (χ0n) is 17.5. The van der Waals surface area contributed by atoms with E-state index in [9.17, 15) is 18.0 Å². The molecule has 1 aromatic heterocycles. The first-order valence-corrected chi connectivity index (χ1v) is 10.1. The Morgan fingerprint density at radius 1 is 0.735 bits per heavy atom. The average Bonchev–Trinajstić information content (AvgIpc) is 2.82. The number of nitrogens with zero attached hydrogens (tertiary/aromatic N) is 1. The molecule has 2 N–H and O–H groups in total. The lowest BCUT2D eigenvalue weighted by atomic mass is 10.2. The SMILES string of the molecule is O=C(Nc1ccc(Oc2ccccc2)cc1)Nc1cccnc1Oc1cccc(C(F)(F)F)c1. The Bertz CT molecular complexity index is 1260. The third kappa shape index (κ3) is 6.04. The maximum atomic E-state index is 13.0. The highest BCUT2D eigenvalue weighted by atomic mass is 19.4. The number of rotatable bonds is 6. The Morgan fingerprint density at radius 3 is 2.18 bits per heavy atom. The van der Waals surface area contributed by atoms with E-state index in [4.69, 9.17) is 9.47 Å². The molecule has 0 spiro atoms. The number of para-hydroxylation sites is 1. The van der Waals surface area contributed by atoms with Gasteiger partial charge in [-0.15, -0.1) is 0 Å². The number of benzene rings is 3. The van der Waals surface area contributed by atoms with Crippen LogP contribution in [0.3, 0.4) is 0 Å². The number of carbonyl (C=O) groups excluding carboxylic acids is 1. The van der Waals surface area contributed by atoms with Gasteiger partial charge in [0.05, 0.1) is 5.56 Å². The maximum absolute atomic E-state index is 13.0. The van der Waals surface area contributed by atoms with Crippen LogP contribution in [0.25, 0.3) is 0 Å². The van der Waals surface area contributed by atoms with E-state index in [1.165, 1.54) is 24.4 Å². The van der Waals surface area contributed by atoms with Gasteiger partial charge in [-0.25, -0.2) is 9.78 Å². The lowest BCUT2D eigenvalue weighted by Gasteiger charge is -2.13. The van der Waals surface area contributed by atoms with Crippen molar-refractivity contribution in [3.8, 4) is 23.1 Å². The summed E-state index contributed by atoms with van der Waals surface area (Å²) in [5.41, 5.74) is -0.170. The Labute approximate surface area is 193 Å². The van der Waals surface area contributed by atoms with Crippen molar-refractivity contribution in [2.24, 2.45) is 0 Å². The number of aromatic nitrogens is 1. The molecule has 0 unspecified atom stereocenters. The average molecular weight is 465 g/mol. The number of carbonyl (C=O) groups is 1. The molecular weight excluding hydrogens is 447 g/mol. The standard InChI is InChI=1S/C25H18F3N3O3/c26-25(27,28)17-6-4-9-21(16-17)34-23-22(10-5-15-29-23)31-24(32)30-18-11-13-20(14-12-18)33-19-7-2-1-3-8-19/h1-16H,(H2,30,31,32). The van der Waals surface area contributed by atoms with Gasteiger partial charge in [0.2, 0.25) is 5.88 Å². The molecule has 4 rings (SSSR count). The molecule has 0 radical (unpaired) electrons. The number of alkyl halides is 3. The largest absolute Gasteiger partial charge is 0.457 e. The molecule has 0 saturated carbocycles. The van der Waals surface area contributed by atoms with E-state index in [-0.39, 0.29) is 17.3 Å². The van der Waals surface area contributed by atoms with Gasteiger partial charge in [0.15, 0.2) is 0 Å². The first-order valence-electron chi connectivity index (χ1n) is 10.1. The van der Waals surface area contributed by atoms with Gasteiger partial charge in [-0.3, -0.25) is 0 Å². The van der Waals surface area contributed by atoms with Crippen LogP contribution in [-0.2, 0) is 6.18 Å². The maximum Gasteiger partial charge on any atom is 0.416 e. The molecule has 0 bridgehead atoms. The third-order valence-corrected chi connectivity index (χ3v) is 4.49. The number of halogens is 3. The number of anilines is 2. The van der Waals surface area contributed by atoms with Gasteiger partial charge in [-0.1, -0.05) is 24.3 Å². The predicted octanol–water partition coefficient (Wildman–Crippen LogP) is 7.33. The number of ether oxygens (including phenoxy) is 2. The van der Waals surface area contributed by atoms with Crippen molar-refractivity contribution in [3.63, 3.8) is 0 Å². The second-order valence-electron chi connectivity index (χ2n) is 7.00. The number of nitrogens with one attached hydrogen (secondary N) is 2. The van der Waals surface area contributed by atoms with E-state index in [1.807, 2.05) is 30.3 Å². The fourth-order valence-electron chi connectivity index (χ4n) is 2.93. The lowest BCUT2D eigenvalue weighted by molar-refractivity contribution is -0.137. The summed E-state index contributed by atoms with van der Waals surface area (Å²) in [5.74, 6) is 1.17. The second kappa shape index (κ2) is 9.95. The summed E-state index contributed by atoms with van der Waals surface area (Å²) < 4.78 is 50.1. The Hall–Kier alpha value is -4.53. The zero-order chi connectivity index (χ0) is 24.0. The van der Waals surface area contributed by atoms with Crippen LogP contribution in [0.5, 0.6) is 23.1 Å². The Morgan fingerprint density at radius 2 is 1.44 bits per heavy atom. The molecule has 9 heteroatoms. The van der Waals surface area contributed by atoms with Gasteiger partial charge in [-0.2, -0.15) is 13.2 Å². The third-order valence-electron chi connectivity index (χ3n) is 4.49. The molecule has 1 heterocycles. The van der Waals surface area contributed by atoms with E-state index < -0.39 is 17.8 Å². The van der Waals surface area contributed by atoms with Crippen molar-refractivity contribution in [3.05, 3.63) is 103 Å². The van der Waals surface area contributed by atoms with Crippen LogP contribution in [0.4, 0.5) is 29.3 Å². The molecule has 2 amide bonds. The quantitative estimate of drug-likeness (QED) is 0.313. The van der Waals surface area contributed by atoms with E-state index in [0.717, 1.165) is 12.1 Å².